The number of aromatic nitrogens is 2. The molecule has 1 saturated heterocycles. The molecule has 1 aromatic heterocycles. The molecule has 2 aromatic rings. The highest BCUT2D eigenvalue weighted by molar-refractivity contribution is 7.89. The van der Waals surface area contributed by atoms with E-state index in [0.717, 1.165) is 0 Å². The summed E-state index contributed by atoms with van der Waals surface area (Å²) in [6.45, 7) is 5.55. The summed E-state index contributed by atoms with van der Waals surface area (Å²) in [4.78, 5) is 22.9. The normalized spacial score (nSPS) is 15.5. The van der Waals surface area contributed by atoms with Crippen LogP contribution in [0.25, 0.3) is 0 Å². The van der Waals surface area contributed by atoms with Gasteiger partial charge in [-0.25, -0.2) is 18.4 Å². The number of benzene rings is 1. The number of likely N-dealkylation sites (tertiary alicyclic amines) is 1. The minimum atomic E-state index is -3.53. The summed E-state index contributed by atoms with van der Waals surface area (Å²) >= 11 is 0. The Kier molecular flexibility index (Phi) is 6.81. The Morgan fingerprint density at radius 1 is 1.10 bits per heavy atom. The van der Waals surface area contributed by atoms with Gasteiger partial charge in [0.25, 0.3) is 5.91 Å². The zero-order chi connectivity index (χ0) is 20.9. The van der Waals surface area contributed by atoms with Crippen molar-refractivity contribution in [1.82, 2.24) is 19.2 Å². The first-order valence-corrected chi connectivity index (χ1v) is 11.2. The second-order valence-corrected chi connectivity index (χ2v) is 8.69. The van der Waals surface area contributed by atoms with Crippen molar-refractivity contribution in [3.63, 3.8) is 0 Å². The molecule has 2 heterocycles. The fourth-order valence-corrected chi connectivity index (χ4v) is 4.79. The van der Waals surface area contributed by atoms with E-state index in [1.54, 1.807) is 49.3 Å². The average molecular weight is 419 g/mol. The zero-order valence-electron chi connectivity index (χ0n) is 16.7. The number of carbonyl (C=O) groups excluding carboxylic acids is 1. The summed E-state index contributed by atoms with van der Waals surface area (Å²) in [7, 11) is -3.53. The number of rotatable bonds is 7. The van der Waals surface area contributed by atoms with E-state index in [9.17, 15) is 13.2 Å². The molecular weight excluding hydrogens is 392 g/mol. The minimum Gasteiger partial charge on any atom is -0.460 e. The number of hydrogen-bond acceptors (Lipinski definition) is 6. The molecule has 0 atom stereocenters. The zero-order valence-corrected chi connectivity index (χ0v) is 17.5. The molecule has 0 aliphatic carbocycles. The summed E-state index contributed by atoms with van der Waals surface area (Å²) in [6, 6.07) is 8.25. The van der Waals surface area contributed by atoms with Crippen LogP contribution in [0.2, 0.25) is 0 Å². The lowest BCUT2D eigenvalue weighted by molar-refractivity contribution is 0.0578. The maximum absolute atomic E-state index is 12.8. The van der Waals surface area contributed by atoms with E-state index >= 15 is 0 Å². The number of carbonyl (C=O) groups is 1. The molecule has 9 heteroatoms. The summed E-state index contributed by atoms with van der Waals surface area (Å²) in [5, 5.41) is 0. The average Bonchev–Trinajstić information content (AvgIpc) is 2.75. The monoisotopic (exact) mass is 418 g/mol. The van der Waals surface area contributed by atoms with Crippen molar-refractivity contribution in [3.8, 4) is 6.01 Å². The quantitative estimate of drug-likeness (QED) is 0.684. The molecule has 3 rings (SSSR count). The van der Waals surface area contributed by atoms with Crippen LogP contribution in [0.15, 0.2) is 47.6 Å². The topological polar surface area (TPSA) is 92.7 Å². The summed E-state index contributed by atoms with van der Waals surface area (Å²) in [5.41, 5.74) is 0.481. The summed E-state index contributed by atoms with van der Waals surface area (Å²) in [6.07, 6.45) is 4.62. The van der Waals surface area contributed by atoms with Gasteiger partial charge in [-0.3, -0.25) is 4.79 Å². The number of hydrogen-bond donors (Lipinski definition) is 0. The molecule has 29 heavy (non-hydrogen) atoms. The fourth-order valence-electron chi connectivity index (χ4n) is 3.34. The third kappa shape index (κ3) is 4.91. The van der Waals surface area contributed by atoms with Gasteiger partial charge < -0.3 is 9.64 Å². The first-order valence-electron chi connectivity index (χ1n) is 9.78. The number of ether oxygens (including phenoxy) is 1. The van der Waals surface area contributed by atoms with Crippen LogP contribution in [0.4, 0.5) is 0 Å². The Balaban J connectivity index is 1.60. The molecule has 1 aliphatic rings. The Bertz CT molecular complexity index is 907. The summed E-state index contributed by atoms with van der Waals surface area (Å²) < 4.78 is 32.3. The second kappa shape index (κ2) is 9.32. The van der Waals surface area contributed by atoms with E-state index in [4.69, 9.17) is 4.74 Å². The van der Waals surface area contributed by atoms with Crippen LogP contribution >= 0.6 is 0 Å². The van der Waals surface area contributed by atoms with E-state index in [1.807, 2.05) is 0 Å². The molecule has 0 radical (unpaired) electrons. The molecule has 1 aliphatic heterocycles. The van der Waals surface area contributed by atoms with Crippen LogP contribution in [-0.2, 0) is 10.0 Å². The predicted octanol–water partition coefficient (Wildman–Crippen LogP) is 2.19. The van der Waals surface area contributed by atoms with Crippen molar-refractivity contribution < 1.29 is 17.9 Å². The summed E-state index contributed by atoms with van der Waals surface area (Å²) in [5.74, 6) is -0.105. The highest BCUT2D eigenvalue weighted by Crippen LogP contribution is 2.20. The van der Waals surface area contributed by atoms with Crippen LogP contribution in [0.3, 0.4) is 0 Å². The van der Waals surface area contributed by atoms with Crippen LogP contribution in [0.1, 0.15) is 37.0 Å². The Hall–Kier alpha value is -2.52. The number of amides is 1. The van der Waals surface area contributed by atoms with Crippen molar-refractivity contribution in [2.75, 3.05) is 26.2 Å². The van der Waals surface area contributed by atoms with Gasteiger partial charge in [-0.05, 0) is 30.3 Å². The van der Waals surface area contributed by atoms with Gasteiger partial charge in [-0.15, -0.1) is 0 Å². The molecule has 1 amide bonds. The highest BCUT2D eigenvalue weighted by Gasteiger charge is 2.26. The maximum Gasteiger partial charge on any atom is 0.316 e. The Morgan fingerprint density at radius 3 is 2.24 bits per heavy atom. The largest absolute Gasteiger partial charge is 0.460 e. The van der Waals surface area contributed by atoms with Crippen molar-refractivity contribution in [3.05, 3.63) is 48.3 Å². The van der Waals surface area contributed by atoms with Gasteiger partial charge in [0.05, 0.1) is 4.90 Å². The van der Waals surface area contributed by atoms with Gasteiger partial charge >= 0.3 is 6.01 Å². The third-order valence-electron chi connectivity index (χ3n) is 4.99. The Morgan fingerprint density at radius 2 is 1.69 bits per heavy atom. The van der Waals surface area contributed by atoms with E-state index < -0.39 is 10.0 Å². The molecule has 0 unspecified atom stereocenters. The predicted molar refractivity (Wildman–Crippen MR) is 108 cm³/mol. The molecule has 156 valence electrons. The highest BCUT2D eigenvalue weighted by atomic mass is 32.2. The first-order chi connectivity index (χ1) is 14.0. The molecule has 0 spiro atoms. The SMILES string of the molecule is CCN(CC)S(=O)(=O)c1ccc(C(=O)N2CCC(Oc3ncccn3)CC2)cc1. The lowest BCUT2D eigenvalue weighted by Gasteiger charge is -2.31. The van der Waals surface area contributed by atoms with E-state index in [2.05, 4.69) is 9.97 Å². The van der Waals surface area contributed by atoms with Gasteiger partial charge in [0.2, 0.25) is 10.0 Å². The van der Waals surface area contributed by atoms with Gasteiger partial charge in [0.15, 0.2) is 0 Å². The van der Waals surface area contributed by atoms with E-state index in [-0.39, 0.29) is 16.9 Å². The van der Waals surface area contributed by atoms with E-state index in [0.29, 0.717) is 50.6 Å². The number of piperidine rings is 1. The molecular formula is C20H26N4O4S. The molecule has 0 saturated carbocycles. The van der Waals surface area contributed by atoms with Crippen LogP contribution < -0.4 is 4.74 Å². The second-order valence-electron chi connectivity index (χ2n) is 6.75. The van der Waals surface area contributed by atoms with Gasteiger partial charge in [-0.1, -0.05) is 13.8 Å². The molecule has 1 aromatic carbocycles. The smallest absolute Gasteiger partial charge is 0.316 e. The van der Waals surface area contributed by atoms with Crippen LogP contribution in [-0.4, -0.2) is 65.8 Å². The van der Waals surface area contributed by atoms with Gasteiger partial charge in [-0.2, -0.15) is 4.31 Å². The molecule has 0 N–H and O–H groups in total. The van der Waals surface area contributed by atoms with Gasteiger partial charge in [0, 0.05) is 57.0 Å². The maximum atomic E-state index is 12.8. The van der Waals surface area contributed by atoms with Gasteiger partial charge in [0.1, 0.15) is 6.10 Å². The first kappa shape index (κ1) is 21.2. The van der Waals surface area contributed by atoms with Crippen molar-refractivity contribution >= 4 is 15.9 Å². The molecule has 0 bridgehead atoms. The number of nitrogens with zero attached hydrogens (tertiary/aromatic N) is 4. The van der Waals surface area contributed by atoms with Crippen LogP contribution in [0, 0.1) is 0 Å². The Labute approximate surface area is 171 Å². The van der Waals surface area contributed by atoms with Crippen molar-refractivity contribution in [2.45, 2.75) is 37.7 Å². The third-order valence-corrected chi connectivity index (χ3v) is 7.05. The lowest BCUT2D eigenvalue weighted by atomic mass is 10.1. The van der Waals surface area contributed by atoms with Crippen molar-refractivity contribution in [2.24, 2.45) is 0 Å². The fraction of sp³-hybridized carbons (Fsp3) is 0.450. The minimum absolute atomic E-state index is 0.0250. The van der Waals surface area contributed by atoms with Crippen molar-refractivity contribution in [1.29, 1.82) is 0 Å². The molecule has 1 fully saturated rings. The lowest BCUT2D eigenvalue weighted by Crippen LogP contribution is -2.42. The van der Waals surface area contributed by atoms with Crippen LogP contribution in [0.5, 0.6) is 6.01 Å². The number of sulfonamides is 1. The standard InChI is InChI=1S/C20H26N4O4S/c1-3-24(4-2)29(26,27)18-8-6-16(7-9-18)19(25)23-14-10-17(11-15-23)28-20-21-12-5-13-22-20/h5-9,12-13,17H,3-4,10-11,14-15H2,1-2H3. The van der Waals surface area contributed by atoms with E-state index in [1.165, 1.54) is 16.4 Å². The molecule has 8 nitrogen and oxygen atoms in total.